The minimum Gasteiger partial charge on any atom is -0.494 e. The van der Waals surface area contributed by atoms with Crippen molar-refractivity contribution in [2.45, 2.75) is 25.9 Å². The highest BCUT2D eigenvalue weighted by Crippen LogP contribution is 2.18. The summed E-state index contributed by atoms with van der Waals surface area (Å²) in [6, 6.07) is 13.3. The van der Waals surface area contributed by atoms with E-state index in [0.717, 1.165) is 24.3 Å². The molecule has 2 heterocycles. The quantitative estimate of drug-likeness (QED) is 0.819. The molecule has 3 rings (SSSR count). The van der Waals surface area contributed by atoms with Gasteiger partial charge < -0.3 is 14.4 Å². The molecule has 0 N–H and O–H groups in total. The Morgan fingerprint density at radius 1 is 1.25 bits per heavy atom. The summed E-state index contributed by atoms with van der Waals surface area (Å²) in [4.78, 5) is 18.5. The van der Waals surface area contributed by atoms with Crippen LogP contribution in [0.15, 0.2) is 48.7 Å². The average Bonchev–Trinajstić information content (AvgIpc) is 3.06. The average molecular weight is 326 g/mol. The summed E-state index contributed by atoms with van der Waals surface area (Å²) in [5.41, 5.74) is 0.998. The van der Waals surface area contributed by atoms with E-state index in [1.165, 1.54) is 0 Å². The zero-order valence-electron chi connectivity index (χ0n) is 13.9. The molecule has 5 heteroatoms. The molecule has 1 fully saturated rings. The van der Waals surface area contributed by atoms with Crippen molar-refractivity contribution < 1.29 is 14.3 Å². The molecule has 0 spiro atoms. The third-order valence-electron chi connectivity index (χ3n) is 4.01. The molecule has 0 bridgehead atoms. The fourth-order valence-corrected chi connectivity index (χ4v) is 2.80. The maximum Gasteiger partial charge on any atom is 0.227 e. The molecule has 1 amide bonds. The number of ether oxygens (including phenoxy) is 2. The van der Waals surface area contributed by atoms with Crippen LogP contribution in [0.5, 0.6) is 11.6 Å². The van der Waals surface area contributed by atoms with Gasteiger partial charge in [-0.2, -0.15) is 0 Å². The Labute approximate surface area is 142 Å². The molecule has 2 aromatic rings. The van der Waals surface area contributed by atoms with Crippen LogP contribution in [0.25, 0.3) is 0 Å². The summed E-state index contributed by atoms with van der Waals surface area (Å²) in [6.45, 7) is 3.94. The van der Waals surface area contributed by atoms with Gasteiger partial charge in [0.1, 0.15) is 11.9 Å². The van der Waals surface area contributed by atoms with Crippen LogP contribution in [0.2, 0.25) is 0 Å². The van der Waals surface area contributed by atoms with Gasteiger partial charge in [0, 0.05) is 25.2 Å². The van der Waals surface area contributed by atoms with E-state index in [2.05, 4.69) is 4.98 Å². The van der Waals surface area contributed by atoms with Gasteiger partial charge in [-0.25, -0.2) is 4.98 Å². The zero-order chi connectivity index (χ0) is 16.8. The Hall–Kier alpha value is -2.56. The third-order valence-corrected chi connectivity index (χ3v) is 4.01. The zero-order valence-corrected chi connectivity index (χ0v) is 13.9. The molecule has 24 heavy (non-hydrogen) atoms. The van der Waals surface area contributed by atoms with Crippen molar-refractivity contribution in [3.05, 3.63) is 54.2 Å². The Morgan fingerprint density at radius 3 is 2.79 bits per heavy atom. The Kier molecular flexibility index (Phi) is 5.31. The molecule has 1 aliphatic rings. The Morgan fingerprint density at radius 2 is 2.08 bits per heavy atom. The summed E-state index contributed by atoms with van der Waals surface area (Å²) < 4.78 is 11.2. The molecule has 5 nitrogen and oxygen atoms in total. The number of hydrogen-bond donors (Lipinski definition) is 0. The van der Waals surface area contributed by atoms with Gasteiger partial charge in [-0.3, -0.25) is 4.79 Å². The number of rotatable bonds is 6. The van der Waals surface area contributed by atoms with E-state index in [-0.39, 0.29) is 12.0 Å². The highest BCUT2D eigenvalue weighted by Gasteiger charge is 2.27. The van der Waals surface area contributed by atoms with Gasteiger partial charge in [0.05, 0.1) is 19.6 Å². The molecule has 0 saturated carbocycles. The number of carbonyl (C=O) groups excluding carboxylic acids is 1. The van der Waals surface area contributed by atoms with Crippen molar-refractivity contribution in [1.29, 1.82) is 0 Å². The van der Waals surface area contributed by atoms with Crippen molar-refractivity contribution in [3.63, 3.8) is 0 Å². The number of hydrogen-bond acceptors (Lipinski definition) is 4. The summed E-state index contributed by atoms with van der Waals surface area (Å²) in [5, 5.41) is 0. The molecule has 0 radical (unpaired) electrons. The molecule has 1 aromatic heterocycles. The fraction of sp³-hybridized carbons (Fsp3) is 0.368. The normalized spacial score (nSPS) is 16.9. The van der Waals surface area contributed by atoms with E-state index in [4.69, 9.17) is 9.47 Å². The van der Waals surface area contributed by atoms with Crippen LogP contribution in [0.4, 0.5) is 0 Å². The van der Waals surface area contributed by atoms with Crippen LogP contribution in [0.3, 0.4) is 0 Å². The first-order chi connectivity index (χ1) is 11.7. The largest absolute Gasteiger partial charge is 0.494 e. The summed E-state index contributed by atoms with van der Waals surface area (Å²) in [5.74, 6) is 1.58. The van der Waals surface area contributed by atoms with E-state index in [1.807, 2.05) is 54.3 Å². The van der Waals surface area contributed by atoms with Crippen molar-refractivity contribution >= 4 is 5.91 Å². The highest BCUT2D eigenvalue weighted by atomic mass is 16.5. The molecule has 126 valence electrons. The molecule has 1 unspecified atom stereocenters. The van der Waals surface area contributed by atoms with Gasteiger partial charge in [0.15, 0.2) is 0 Å². The van der Waals surface area contributed by atoms with Gasteiger partial charge >= 0.3 is 0 Å². The molecule has 1 saturated heterocycles. The predicted molar refractivity (Wildman–Crippen MR) is 91.2 cm³/mol. The lowest BCUT2D eigenvalue weighted by Crippen LogP contribution is -2.32. The van der Waals surface area contributed by atoms with Crippen LogP contribution in [0, 0.1) is 0 Å². The van der Waals surface area contributed by atoms with E-state index in [1.54, 1.807) is 6.20 Å². The summed E-state index contributed by atoms with van der Waals surface area (Å²) in [7, 11) is 0. The van der Waals surface area contributed by atoms with Gasteiger partial charge in [-0.05, 0) is 30.7 Å². The van der Waals surface area contributed by atoms with Crippen molar-refractivity contribution in [3.8, 4) is 11.6 Å². The molecule has 1 aliphatic heterocycles. The number of pyridine rings is 1. The molecular weight excluding hydrogens is 304 g/mol. The Balaban J connectivity index is 1.51. The van der Waals surface area contributed by atoms with Gasteiger partial charge in [-0.1, -0.05) is 18.2 Å². The third kappa shape index (κ3) is 4.25. The second-order valence-electron chi connectivity index (χ2n) is 5.79. The summed E-state index contributed by atoms with van der Waals surface area (Å²) >= 11 is 0. The monoisotopic (exact) mass is 326 g/mol. The number of likely N-dealkylation sites (tertiary alicyclic amines) is 1. The molecular formula is C19H22N2O3. The predicted octanol–water partition coefficient (Wildman–Crippen LogP) is 2.70. The number of benzene rings is 1. The lowest BCUT2D eigenvalue weighted by molar-refractivity contribution is -0.129. The minimum absolute atomic E-state index is 0.0178. The first kappa shape index (κ1) is 16.3. The lowest BCUT2D eigenvalue weighted by Gasteiger charge is -2.17. The van der Waals surface area contributed by atoms with E-state index >= 15 is 0 Å². The van der Waals surface area contributed by atoms with Gasteiger partial charge in [0.2, 0.25) is 11.8 Å². The summed E-state index contributed by atoms with van der Waals surface area (Å²) in [6.07, 6.45) is 2.97. The van der Waals surface area contributed by atoms with E-state index in [9.17, 15) is 4.79 Å². The molecule has 1 aromatic carbocycles. The van der Waals surface area contributed by atoms with Crippen molar-refractivity contribution in [2.24, 2.45) is 0 Å². The number of amides is 1. The van der Waals surface area contributed by atoms with Gasteiger partial charge in [-0.15, -0.1) is 0 Å². The van der Waals surface area contributed by atoms with Crippen LogP contribution < -0.4 is 9.47 Å². The highest BCUT2D eigenvalue weighted by molar-refractivity contribution is 5.79. The van der Waals surface area contributed by atoms with Crippen LogP contribution >= 0.6 is 0 Å². The van der Waals surface area contributed by atoms with Crippen LogP contribution in [-0.2, 0) is 11.2 Å². The van der Waals surface area contributed by atoms with Crippen LogP contribution in [-0.4, -0.2) is 41.6 Å². The minimum atomic E-state index is 0.0178. The Bertz CT molecular complexity index is 658. The molecule has 1 atom stereocenters. The second kappa shape index (κ2) is 7.81. The first-order valence-corrected chi connectivity index (χ1v) is 8.32. The SMILES string of the molecule is CCOc1ccc(CC(=O)N2CCC(Oc3ccccn3)C2)cc1. The smallest absolute Gasteiger partial charge is 0.227 e. The van der Waals surface area contributed by atoms with Crippen molar-refractivity contribution in [2.75, 3.05) is 19.7 Å². The maximum atomic E-state index is 12.4. The van der Waals surface area contributed by atoms with Crippen molar-refractivity contribution in [1.82, 2.24) is 9.88 Å². The topological polar surface area (TPSA) is 51.7 Å². The van der Waals surface area contributed by atoms with E-state index < -0.39 is 0 Å². The number of nitrogens with zero attached hydrogens (tertiary/aromatic N) is 2. The fourth-order valence-electron chi connectivity index (χ4n) is 2.80. The number of carbonyl (C=O) groups is 1. The molecule has 0 aliphatic carbocycles. The maximum absolute atomic E-state index is 12.4. The first-order valence-electron chi connectivity index (χ1n) is 8.32. The number of aromatic nitrogens is 1. The van der Waals surface area contributed by atoms with Gasteiger partial charge in [0.25, 0.3) is 0 Å². The second-order valence-corrected chi connectivity index (χ2v) is 5.79. The van der Waals surface area contributed by atoms with E-state index in [0.29, 0.717) is 25.5 Å². The standard InChI is InChI=1S/C19H22N2O3/c1-2-23-16-8-6-15(7-9-16)13-19(22)21-12-10-17(14-21)24-18-5-3-4-11-20-18/h3-9,11,17H,2,10,12-14H2,1H3. The lowest BCUT2D eigenvalue weighted by atomic mass is 10.1. The van der Waals surface area contributed by atoms with Crippen LogP contribution in [0.1, 0.15) is 18.9 Å².